The Morgan fingerprint density at radius 1 is 1.09 bits per heavy atom. The number of hydrogen-bond donors (Lipinski definition) is 2. The second-order valence-corrected chi connectivity index (χ2v) is 5.13. The Morgan fingerprint density at radius 2 is 1.82 bits per heavy atom. The Bertz CT molecular complexity index is 764. The number of methoxy groups -OCH3 is 1. The number of ether oxygens (including phenoxy) is 1. The first-order valence-electron chi connectivity index (χ1n) is 7.07. The Labute approximate surface area is 129 Å². The number of nitrogens with zero attached hydrogens (tertiary/aromatic N) is 2. The third-order valence-corrected chi connectivity index (χ3v) is 3.58. The first-order valence-corrected chi connectivity index (χ1v) is 7.07. The van der Waals surface area contributed by atoms with Crippen LogP contribution in [0.1, 0.15) is 23.0 Å². The van der Waals surface area contributed by atoms with Crippen molar-refractivity contribution >= 4 is 0 Å². The molecule has 0 aliphatic heterocycles. The number of rotatable bonds is 4. The zero-order valence-corrected chi connectivity index (χ0v) is 12.6. The molecule has 1 heterocycles. The van der Waals surface area contributed by atoms with Crippen LogP contribution in [-0.4, -0.2) is 22.3 Å². The molecular weight excluding hydrogens is 276 g/mol. The van der Waals surface area contributed by atoms with Gasteiger partial charge in [-0.2, -0.15) is 5.10 Å². The molecule has 0 fully saturated rings. The van der Waals surface area contributed by atoms with Gasteiger partial charge >= 0.3 is 0 Å². The number of aryl methyl sites for hydroxylation is 1. The van der Waals surface area contributed by atoms with Gasteiger partial charge in [-0.1, -0.05) is 42.0 Å². The van der Waals surface area contributed by atoms with Gasteiger partial charge in [0.1, 0.15) is 11.6 Å². The van der Waals surface area contributed by atoms with E-state index in [1.165, 1.54) is 5.56 Å². The van der Waals surface area contributed by atoms with Crippen LogP contribution in [0.5, 0.6) is 5.75 Å². The average molecular weight is 294 g/mol. The molecule has 2 aromatic carbocycles. The highest BCUT2D eigenvalue weighted by atomic mass is 16.5. The average Bonchev–Trinajstić information content (AvgIpc) is 3.04. The number of para-hydroxylation sites is 1. The highest BCUT2D eigenvalue weighted by molar-refractivity contribution is 5.63. The topological polar surface area (TPSA) is 76.8 Å². The van der Waals surface area contributed by atoms with E-state index in [-0.39, 0.29) is 6.04 Å². The molecule has 0 bridgehead atoms. The van der Waals surface area contributed by atoms with Crippen LogP contribution >= 0.6 is 0 Å². The Hall–Kier alpha value is -2.66. The van der Waals surface area contributed by atoms with Gasteiger partial charge in [0, 0.05) is 0 Å². The van der Waals surface area contributed by atoms with Gasteiger partial charge in [-0.25, -0.2) is 4.98 Å². The SMILES string of the molecule is COc1ccccc1-c1n[nH]c(C(N)c2ccc(C)cc2)n1. The lowest BCUT2D eigenvalue weighted by Gasteiger charge is -2.08. The monoisotopic (exact) mass is 294 g/mol. The molecule has 3 N–H and O–H groups in total. The van der Waals surface area contributed by atoms with Crippen molar-refractivity contribution in [2.75, 3.05) is 7.11 Å². The van der Waals surface area contributed by atoms with Gasteiger partial charge in [0.15, 0.2) is 5.82 Å². The van der Waals surface area contributed by atoms with E-state index in [0.717, 1.165) is 16.9 Å². The lowest BCUT2D eigenvalue weighted by atomic mass is 10.1. The largest absolute Gasteiger partial charge is 0.496 e. The second-order valence-electron chi connectivity index (χ2n) is 5.13. The highest BCUT2D eigenvalue weighted by Gasteiger charge is 2.16. The number of aromatic nitrogens is 3. The van der Waals surface area contributed by atoms with E-state index in [0.29, 0.717) is 11.6 Å². The molecule has 1 unspecified atom stereocenters. The molecule has 0 spiro atoms. The fourth-order valence-corrected chi connectivity index (χ4v) is 2.29. The summed E-state index contributed by atoms with van der Waals surface area (Å²) in [5.41, 5.74) is 9.29. The van der Waals surface area contributed by atoms with Crippen molar-refractivity contribution in [3.63, 3.8) is 0 Å². The summed E-state index contributed by atoms with van der Waals surface area (Å²) in [4.78, 5) is 4.52. The zero-order valence-electron chi connectivity index (χ0n) is 12.6. The standard InChI is InChI=1S/C17H18N4O/c1-11-7-9-12(10-8-11)15(18)17-19-16(20-21-17)13-5-3-4-6-14(13)22-2/h3-10,15H,18H2,1-2H3,(H,19,20,21). The van der Waals surface area contributed by atoms with Crippen LogP contribution in [0.25, 0.3) is 11.4 Å². The maximum atomic E-state index is 6.26. The Morgan fingerprint density at radius 3 is 2.55 bits per heavy atom. The van der Waals surface area contributed by atoms with E-state index >= 15 is 0 Å². The molecule has 5 heteroatoms. The molecule has 0 amide bonds. The van der Waals surface area contributed by atoms with E-state index in [4.69, 9.17) is 10.5 Å². The van der Waals surface area contributed by atoms with Crippen LogP contribution in [-0.2, 0) is 0 Å². The second kappa shape index (κ2) is 5.99. The summed E-state index contributed by atoms with van der Waals surface area (Å²) in [7, 11) is 1.63. The van der Waals surface area contributed by atoms with E-state index in [1.807, 2.05) is 55.5 Å². The minimum Gasteiger partial charge on any atom is -0.496 e. The smallest absolute Gasteiger partial charge is 0.184 e. The number of nitrogens with one attached hydrogen (secondary N) is 1. The molecule has 0 radical (unpaired) electrons. The lowest BCUT2D eigenvalue weighted by Crippen LogP contribution is -2.13. The fourth-order valence-electron chi connectivity index (χ4n) is 2.29. The van der Waals surface area contributed by atoms with Crippen LogP contribution in [0.15, 0.2) is 48.5 Å². The van der Waals surface area contributed by atoms with Crippen molar-refractivity contribution in [2.45, 2.75) is 13.0 Å². The van der Waals surface area contributed by atoms with Crippen molar-refractivity contribution in [1.29, 1.82) is 0 Å². The summed E-state index contributed by atoms with van der Waals surface area (Å²) in [6.07, 6.45) is 0. The van der Waals surface area contributed by atoms with E-state index in [2.05, 4.69) is 15.2 Å². The molecule has 1 atom stereocenters. The third kappa shape index (κ3) is 2.71. The third-order valence-electron chi connectivity index (χ3n) is 3.58. The number of H-pyrrole nitrogens is 1. The van der Waals surface area contributed by atoms with Gasteiger partial charge in [-0.05, 0) is 24.6 Å². The van der Waals surface area contributed by atoms with Gasteiger partial charge in [-0.3, -0.25) is 5.10 Å². The maximum Gasteiger partial charge on any atom is 0.184 e. The molecule has 5 nitrogen and oxygen atoms in total. The molecule has 22 heavy (non-hydrogen) atoms. The molecule has 112 valence electrons. The molecule has 3 aromatic rings. The van der Waals surface area contributed by atoms with E-state index in [9.17, 15) is 0 Å². The normalized spacial score (nSPS) is 12.1. The van der Waals surface area contributed by atoms with Gasteiger partial charge in [-0.15, -0.1) is 0 Å². The first kappa shape index (κ1) is 14.3. The number of benzene rings is 2. The predicted molar refractivity (Wildman–Crippen MR) is 85.6 cm³/mol. The number of aromatic amines is 1. The van der Waals surface area contributed by atoms with Gasteiger partial charge in [0.2, 0.25) is 0 Å². The lowest BCUT2D eigenvalue weighted by molar-refractivity contribution is 0.416. The molecule has 0 aliphatic carbocycles. The zero-order chi connectivity index (χ0) is 15.5. The minimum absolute atomic E-state index is 0.337. The van der Waals surface area contributed by atoms with Gasteiger partial charge in [0.25, 0.3) is 0 Å². The molecule has 0 aliphatic rings. The molecule has 0 saturated heterocycles. The van der Waals surface area contributed by atoms with Crippen LogP contribution in [0.4, 0.5) is 0 Å². The summed E-state index contributed by atoms with van der Waals surface area (Å²) in [6, 6.07) is 15.4. The predicted octanol–water partition coefficient (Wildman–Crippen LogP) is 2.84. The highest BCUT2D eigenvalue weighted by Crippen LogP contribution is 2.27. The minimum atomic E-state index is -0.337. The first-order chi connectivity index (χ1) is 10.7. The van der Waals surface area contributed by atoms with Crippen LogP contribution in [0.3, 0.4) is 0 Å². The van der Waals surface area contributed by atoms with Crippen molar-refractivity contribution in [3.05, 3.63) is 65.5 Å². The molecule has 3 rings (SSSR count). The molecular formula is C17H18N4O. The fraction of sp³-hybridized carbons (Fsp3) is 0.176. The van der Waals surface area contributed by atoms with Crippen LogP contribution in [0.2, 0.25) is 0 Å². The quantitative estimate of drug-likeness (QED) is 0.775. The Balaban J connectivity index is 1.92. The van der Waals surface area contributed by atoms with Crippen LogP contribution < -0.4 is 10.5 Å². The van der Waals surface area contributed by atoms with E-state index < -0.39 is 0 Å². The summed E-state index contributed by atoms with van der Waals surface area (Å²) in [5, 5.41) is 7.19. The van der Waals surface area contributed by atoms with Crippen molar-refractivity contribution in [3.8, 4) is 17.1 Å². The van der Waals surface area contributed by atoms with Gasteiger partial charge < -0.3 is 10.5 Å². The maximum absolute atomic E-state index is 6.26. The Kier molecular flexibility index (Phi) is 3.89. The van der Waals surface area contributed by atoms with Gasteiger partial charge in [0.05, 0.1) is 18.7 Å². The number of nitrogens with two attached hydrogens (primary N) is 1. The van der Waals surface area contributed by atoms with Crippen LogP contribution in [0, 0.1) is 6.92 Å². The van der Waals surface area contributed by atoms with Crippen molar-refractivity contribution in [2.24, 2.45) is 5.73 Å². The van der Waals surface area contributed by atoms with Crippen molar-refractivity contribution in [1.82, 2.24) is 15.2 Å². The number of hydrogen-bond acceptors (Lipinski definition) is 4. The van der Waals surface area contributed by atoms with Crippen molar-refractivity contribution < 1.29 is 4.74 Å². The summed E-state index contributed by atoms with van der Waals surface area (Å²) in [5.74, 6) is 1.94. The summed E-state index contributed by atoms with van der Waals surface area (Å²) in [6.45, 7) is 2.05. The molecule has 1 aromatic heterocycles. The van der Waals surface area contributed by atoms with E-state index in [1.54, 1.807) is 7.11 Å². The summed E-state index contributed by atoms with van der Waals surface area (Å²) >= 11 is 0. The molecule has 0 saturated carbocycles. The summed E-state index contributed by atoms with van der Waals surface area (Å²) < 4.78 is 5.34.